The first-order chi connectivity index (χ1) is 11.0. The largest absolute Gasteiger partial charge is 0.395 e. The van der Waals surface area contributed by atoms with Gasteiger partial charge in [0, 0.05) is 10.8 Å². The second-order valence-corrected chi connectivity index (χ2v) is 4.48. The fraction of sp³-hybridized carbons (Fsp3) is 0.200. The zero-order valence-electron chi connectivity index (χ0n) is 13.2. The molecule has 122 valence electrons. The van der Waals surface area contributed by atoms with Gasteiger partial charge in [-0.25, -0.2) is 9.97 Å². The van der Waals surface area contributed by atoms with Crippen LogP contribution in [0.15, 0.2) is 18.3 Å². The number of aromatic amines is 1. The average molecular weight is 335 g/mol. The number of amides is 1. The minimum absolute atomic E-state index is 0.0561. The lowest BCUT2D eigenvalue weighted by Gasteiger charge is -2.08. The molecular formula is C15H19ClN6O. The summed E-state index contributed by atoms with van der Waals surface area (Å²) >= 11 is 5.85. The number of nitrogens with one attached hydrogen (secondary N) is 1. The van der Waals surface area contributed by atoms with E-state index in [0.29, 0.717) is 21.8 Å². The highest BCUT2D eigenvalue weighted by Gasteiger charge is 2.17. The van der Waals surface area contributed by atoms with E-state index in [1.54, 1.807) is 18.3 Å². The van der Waals surface area contributed by atoms with Crippen molar-refractivity contribution in [2.45, 2.75) is 20.8 Å². The van der Waals surface area contributed by atoms with Crippen LogP contribution >= 0.6 is 11.6 Å². The van der Waals surface area contributed by atoms with Crippen LogP contribution in [0.4, 0.5) is 5.69 Å². The van der Waals surface area contributed by atoms with Crippen molar-refractivity contribution in [1.82, 2.24) is 20.2 Å². The summed E-state index contributed by atoms with van der Waals surface area (Å²) < 4.78 is 0. The highest BCUT2D eigenvalue weighted by atomic mass is 35.5. The number of primary amides is 1. The molecule has 0 aliphatic rings. The zero-order chi connectivity index (χ0) is 17.6. The lowest BCUT2D eigenvalue weighted by atomic mass is 10.1. The van der Waals surface area contributed by atoms with E-state index in [2.05, 4.69) is 26.7 Å². The molecule has 0 radical (unpaired) electrons. The lowest BCUT2D eigenvalue weighted by Crippen LogP contribution is -2.25. The summed E-state index contributed by atoms with van der Waals surface area (Å²) in [6, 6.07) is 0. The highest BCUT2D eigenvalue weighted by molar-refractivity contribution is 6.28. The fourth-order valence-corrected chi connectivity index (χ4v) is 2.01. The first kappa shape index (κ1) is 18.4. The molecule has 0 aliphatic heterocycles. The van der Waals surface area contributed by atoms with Crippen LogP contribution in [0.2, 0.25) is 5.28 Å². The van der Waals surface area contributed by atoms with Crippen LogP contribution in [-0.4, -0.2) is 26.1 Å². The third-order valence-electron chi connectivity index (χ3n) is 2.75. The van der Waals surface area contributed by atoms with Crippen molar-refractivity contribution in [3.05, 3.63) is 45.6 Å². The molecule has 0 atom stereocenters. The molecule has 0 aliphatic carbocycles. The van der Waals surface area contributed by atoms with Gasteiger partial charge in [0.1, 0.15) is 0 Å². The van der Waals surface area contributed by atoms with Crippen LogP contribution in [0, 0.1) is 0 Å². The first-order valence-electron chi connectivity index (χ1n) is 6.94. The summed E-state index contributed by atoms with van der Waals surface area (Å²) in [5.41, 5.74) is 12.0. The maximum Gasteiger partial charge on any atom is 0.269 e. The standard InChI is InChI=1S/C13H13ClN6O.C2H6/c1-3-4-7(8-5-17-20-6(8)2)10-9(15)11(12(16)21)19-13(14)18-10;1-2/h3-5,20H,2,15H2,1H3,(H2,16,21);1-2H3/b4-3-,8-7+;. The number of H-pyrrole nitrogens is 1. The predicted molar refractivity (Wildman–Crippen MR) is 92.0 cm³/mol. The van der Waals surface area contributed by atoms with E-state index in [-0.39, 0.29) is 16.7 Å². The Labute approximate surface area is 138 Å². The predicted octanol–water partition coefficient (Wildman–Crippen LogP) is 0.746. The monoisotopic (exact) mass is 334 g/mol. The number of hydrogen-bond donors (Lipinski definition) is 3. The van der Waals surface area contributed by atoms with Crippen LogP contribution in [-0.2, 0) is 0 Å². The molecule has 23 heavy (non-hydrogen) atoms. The second kappa shape index (κ2) is 8.09. The van der Waals surface area contributed by atoms with Gasteiger partial charge in [0.15, 0.2) is 5.69 Å². The molecule has 7 nitrogen and oxygen atoms in total. The van der Waals surface area contributed by atoms with Crippen LogP contribution in [0.1, 0.15) is 37.0 Å². The molecule has 0 spiro atoms. The number of carbonyl (C=O) groups excluding carboxylic acids is 1. The van der Waals surface area contributed by atoms with E-state index in [4.69, 9.17) is 23.1 Å². The van der Waals surface area contributed by atoms with Crippen molar-refractivity contribution in [3.63, 3.8) is 0 Å². The zero-order valence-corrected chi connectivity index (χ0v) is 14.0. The third-order valence-corrected chi connectivity index (χ3v) is 2.92. The van der Waals surface area contributed by atoms with Crippen LogP contribution in [0.5, 0.6) is 0 Å². The van der Waals surface area contributed by atoms with Gasteiger partial charge in [-0.1, -0.05) is 32.6 Å². The van der Waals surface area contributed by atoms with Gasteiger partial charge in [-0.15, -0.1) is 0 Å². The van der Waals surface area contributed by atoms with Gasteiger partial charge < -0.3 is 11.5 Å². The Hall–Kier alpha value is -2.67. The Kier molecular flexibility index (Phi) is 6.47. The molecule has 0 saturated carbocycles. The van der Waals surface area contributed by atoms with Crippen molar-refractivity contribution in [3.8, 4) is 0 Å². The maximum absolute atomic E-state index is 11.4. The summed E-state index contributed by atoms with van der Waals surface area (Å²) in [5, 5.41) is 7.78. The van der Waals surface area contributed by atoms with Crippen molar-refractivity contribution in [1.29, 1.82) is 0 Å². The molecular weight excluding hydrogens is 316 g/mol. The van der Waals surface area contributed by atoms with Gasteiger partial charge in [-0.3, -0.25) is 9.89 Å². The molecule has 2 heterocycles. The van der Waals surface area contributed by atoms with E-state index in [1.807, 2.05) is 20.8 Å². The van der Waals surface area contributed by atoms with Gasteiger partial charge in [-0.05, 0) is 18.5 Å². The second-order valence-electron chi connectivity index (χ2n) is 4.14. The Balaban J connectivity index is 0.00000127. The van der Waals surface area contributed by atoms with Crippen molar-refractivity contribution in [2.24, 2.45) is 5.73 Å². The molecule has 5 N–H and O–H groups in total. The normalized spacial score (nSPS) is 11.8. The molecule has 2 aromatic rings. The molecule has 0 fully saturated rings. The quantitative estimate of drug-likeness (QED) is 0.714. The van der Waals surface area contributed by atoms with Gasteiger partial charge >= 0.3 is 0 Å². The number of nitrogen functional groups attached to an aromatic ring is 1. The number of carbonyl (C=O) groups is 1. The van der Waals surface area contributed by atoms with Crippen molar-refractivity contribution >= 4 is 35.3 Å². The SMILES string of the molecule is C=c1[nH]nc/c1=C(/C=C\C)c1nc(Cl)nc(C(N)=O)c1N.CC. The number of allylic oxidation sites excluding steroid dienone is 2. The Morgan fingerprint density at radius 2 is 1.96 bits per heavy atom. The molecule has 0 aromatic carbocycles. The number of hydrogen-bond acceptors (Lipinski definition) is 5. The van der Waals surface area contributed by atoms with Gasteiger partial charge in [0.25, 0.3) is 5.91 Å². The van der Waals surface area contributed by atoms with Gasteiger partial charge in [0.05, 0.1) is 22.9 Å². The molecule has 0 bridgehead atoms. The Morgan fingerprint density at radius 1 is 1.35 bits per heavy atom. The van der Waals surface area contributed by atoms with E-state index in [1.165, 1.54) is 0 Å². The van der Waals surface area contributed by atoms with Crippen LogP contribution in [0.25, 0.3) is 12.2 Å². The summed E-state index contributed by atoms with van der Waals surface area (Å²) in [4.78, 5) is 19.2. The summed E-state index contributed by atoms with van der Waals surface area (Å²) in [7, 11) is 0. The number of aromatic nitrogens is 4. The number of rotatable bonds is 3. The number of nitrogens with two attached hydrogens (primary N) is 2. The topological polar surface area (TPSA) is 124 Å². The maximum atomic E-state index is 11.4. The van der Waals surface area contributed by atoms with Crippen LogP contribution < -0.4 is 22.0 Å². The summed E-state index contributed by atoms with van der Waals surface area (Å²) in [5.74, 6) is -0.778. The highest BCUT2D eigenvalue weighted by Crippen LogP contribution is 2.22. The van der Waals surface area contributed by atoms with Crippen molar-refractivity contribution < 1.29 is 4.79 Å². The number of halogens is 1. The third kappa shape index (κ3) is 3.95. The van der Waals surface area contributed by atoms with Gasteiger partial charge in [-0.2, -0.15) is 5.10 Å². The molecule has 2 rings (SSSR count). The average Bonchev–Trinajstić information content (AvgIpc) is 2.95. The van der Waals surface area contributed by atoms with E-state index >= 15 is 0 Å². The fourth-order valence-electron chi connectivity index (χ4n) is 1.84. The summed E-state index contributed by atoms with van der Waals surface area (Å²) in [6.45, 7) is 9.67. The minimum Gasteiger partial charge on any atom is -0.395 e. The van der Waals surface area contributed by atoms with E-state index in [0.717, 1.165) is 0 Å². The summed E-state index contributed by atoms with van der Waals surface area (Å²) in [6.07, 6.45) is 5.14. The Morgan fingerprint density at radius 3 is 2.43 bits per heavy atom. The Bertz CT molecular complexity index is 840. The minimum atomic E-state index is -0.778. The number of nitrogens with zero attached hydrogens (tertiary/aromatic N) is 3. The van der Waals surface area contributed by atoms with E-state index < -0.39 is 5.91 Å². The first-order valence-corrected chi connectivity index (χ1v) is 7.32. The molecule has 8 heteroatoms. The lowest BCUT2D eigenvalue weighted by molar-refractivity contribution is 0.0996. The van der Waals surface area contributed by atoms with Crippen molar-refractivity contribution in [2.75, 3.05) is 5.73 Å². The molecule has 0 saturated heterocycles. The molecule has 0 unspecified atom stereocenters. The molecule has 1 amide bonds. The molecule has 2 aromatic heterocycles. The van der Waals surface area contributed by atoms with Crippen LogP contribution in [0.3, 0.4) is 0 Å². The van der Waals surface area contributed by atoms with E-state index in [9.17, 15) is 4.79 Å². The number of anilines is 1. The smallest absolute Gasteiger partial charge is 0.269 e. The van der Waals surface area contributed by atoms with Gasteiger partial charge in [0.2, 0.25) is 5.28 Å².